The highest BCUT2D eigenvalue weighted by Crippen LogP contribution is 2.17. The number of nitrogens with zero attached hydrogens (tertiary/aromatic N) is 3. The van der Waals surface area contributed by atoms with Gasteiger partial charge < -0.3 is 14.8 Å². The Balaban J connectivity index is 1.67. The van der Waals surface area contributed by atoms with Crippen molar-refractivity contribution in [1.82, 2.24) is 19.8 Å². The van der Waals surface area contributed by atoms with Crippen LogP contribution in [0.15, 0.2) is 73.1 Å². The predicted octanol–water partition coefficient (Wildman–Crippen LogP) is 4.22. The van der Waals surface area contributed by atoms with Gasteiger partial charge in [-0.15, -0.1) is 0 Å². The maximum absolute atomic E-state index is 12.7. The molecule has 1 N–H and O–H groups in total. The zero-order valence-corrected chi connectivity index (χ0v) is 15.9. The first-order valence-electron chi connectivity index (χ1n) is 9.28. The molecule has 1 heterocycles. The van der Waals surface area contributed by atoms with Crippen molar-refractivity contribution in [3.05, 3.63) is 90.0 Å². The van der Waals surface area contributed by atoms with Crippen LogP contribution in [0.5, 0.6) is 0 Å². The van der Waals surface area contributed by atoms with Crippen LogP contribution in [0, 0.1) is 0 Å². The summed E-state index contributed by atoms with van der Waals surface area (Å²) in [5.41, 5.74) is 2.31. The largest absolute Gasteiger partial charge is 0.329 e. The van der Waals surface area contributed by atoms with Crippen molar-refractivity contribution in [3.8, 4) is 0 Å². The molecule has 2 amide bonds. The van der Waals surface area contributed by atoms with Crippen molar-refractivity contribution in [2.24, 2.45) is 0 Å². The van der Waals surface area contributed by atoms with E-state index in [1.165, 1.54) is 5.56 Å². The van der Waals surface area contributed by atoms with Crippen LogP contribution in [0.3, 0.4) is 0 Å². The molecule has 0 saturated carbocycles. The smallest absolute Gasteiger partial charge is 0.318 e. The first-order chi connectivity index (χ1) is 13.2. The highest BCUT2D eigenvalue weighted by atomic mass is 16.2. The topological polar surface area (TPSA) is 50.2 Å². The van der Waals surface area contributed by atoms with E-state index in [0.717, 1.165) is 24.4 Å². The highest BCUT2D eigenvalue weighted by molar-refractivity contribution is 5.74. The Kier molecular flexibility index (Phi) is 6.26. The summed E-state index contributed by atoms with van der Waals surface area (Å²) in [5.74, 6) is 0.878. The second-order valence-corrected chi connectivity index (χ2v) is 6.65. The van der Waals surface area contributed by atoms with Crippen molar-refractivity contribution in [1.29, 1.82) is 0 Å². The molecule has 0 bridgehead atoms. The average Bonchev–Trinajstić information content (AvgIpc) is 3.15. The van der Waals surface area contributed by atoms with Crippen LogP contribution in [-0.2, 0) is 13.1 Å². The molecule has 5 nitrogen and oxygen atoms in total. The molecule has 0 aliphatic heterocycles. The Morgan fingerprint density at radius 3 is 2.33 bits per heavy atom. The minimum Gasteiger partial charge on any atom is -0.329 e. The van der Waals surface area contributed by atoms with E-state index in [2.05, 4.69) is 33.9 Å². The van der Waals surface area contributed by atoms with Crippen LogP contribution < -0.4 is 5.32 Å². The molecule has 140 valence electrons. The standard InChI is InChI=1S/C22H26N4O/c1-3-20(24-22(27)25(2)16-18-10-6-4-7-11-18)21-23-14-15-26(21)17-19-12-8-5-9-13-19/h4-15,20H,3,16-17H2,1-2H3,(H,24,27). The second-order valence-electron chi connectivity index (χ2n) is 6.65. The minimum absolute atomic E-state index is 0.0973. The second kappa shape index (κ2) is 9.03. The normalized spacial score (nSPS) is 11.8. The van der Waals surface area contributed by atoms with E-state index in [1.54, 1.807) is 11.1 Å². The minimum atomic E-state index is -0.130. The Morgan fingerprint density at radius 1 is 1.07 bits per heavy atom. The summed E-state index contributed by atoms with van der Waals surface area (Å²) in [6.45, 7) is 3.37. The molecule has 0 saturated heterocycles. The summed E-state index contributed by atoms with van der Waals surface area (Å²) in [4.78, 5) is 18.9. The van der Waals surface area contributed by atoms with Gasteiger partial charge >= 0.3 is 6.03 Å². The molecule has 27 heavy (non-hydrogen) atoms. The van der Waals surface area contributed by atoms with Gasteiger partial charge in [0.25, 0.3) is 0 Å². The molecule has 1 unspecified atom stereocenters. The van der Waals surface area contributed by atoms with Gasteiger partial charge in [0.15, 0.2) is 0 Å². The van der Waals surface area contributed by atoms with Gasteiger partial charge in [-0.05, 0) is 17.5 Å². The van der Waals surface area contributed by atoms with E-state index >= 15 is 0 Å². The summed E-state index contributed by atoms with van der Waals surface area (Å²) in [5, 5.41) is 3.12. The molecule has 0 aliphatic rings. The molecule has 0 aliphatic carbocycles. The zero-order chi connectivity index (χ0) is 19.1. The number of carbonyl (C=O) groups excluding carboxylic acids is 1. The molecule has 1 atom stereocenters. The van der Waals surface area contributed by atoms with Crippen LogP contribution >= 0.6 is 0 Å². The molecule has 1 aromatic heterocycles. The lowest BCUT2D eigenvalue weighted by atomic mass is 10.2. The lowest BCUT2D eigenvalue weighted by Crippen LogP contribution is -2.39. The number of aromatic nitrogens is 2. The lowest BCUT2D eigenvalue weighted by molar-refractivity contribution is 0.201. The molecular formula is C22H26N4O. The van der Waals surface area contributed by atoms with Crippen LogP contribution in [0.25, 0.3) is 0 Å². The fourth-order valence-electron chi connectivity index (χ4n) is 3.08. The molecule has 0 spiro atoms. The first-order valence-corrected chi connectivity index (χ1v) is 9.28. The molecule has 2 aromatic carbocycles. The Morgan fingerprint density at radius 2 is 1.70 bits per heavy atom. The van der Waals surface area contributed by atoms with Gasteiger partial charge in [0.05, 0.1) is 6.04 Å². The SMILES string of the molecule is CCC(NC(=O)N(C)Cc1ccccc1)c1nccn1Cc1ccccc1. The fraction of sp³-hybridized carbons (Fsp3) is 0.273. The fourth-order valence-corrected chi connectivity index (χ4v) is 3.08. The molecular weight excluding hydrogens is 336 g/mol. The van der Waals surface area contributed by atoms with Gasteiger partial charge in [-0.2, -0.15) is 0 Å². The van der Waals surface area contributed by atoms with E-state index in [1.807, 2.05) is 61.8 Å². The first kappa shape index (κ1) is 18.7. The third-order valence-electron chi connectivity index (χ3n) is 4.57. The zero-order valence-electron chi connectivity index (χ0n) is 15.9. The maximum Gasteiger partial charge on any atom is 0.318 e. The van der Waals surface area contributed by atoms with Crippen LogP contribution in [0.2, 0.25) is 0 Å². The van der Waals surface area contributed by atoms with E-state index in [4.69, 9.17) is 0 Å². The quantitative estimate of drug-likeness (QED) is 0.684. The Hall–Kier alpha value is -3.08. The summed E-state index contributed by atoms with van der Waals surface area (Å²) in [7, 11) is 1.81. The Labute approximate surface area is 160 Å². The van der Waals surface area contributed by atoms with Gasteiger partial charge in [0, 0.05) is 32.5 Å². The number of hydrogen-bond acceptors (Lipinski definition) is 2. The Bertz CT molecular complexity index is 845. The maximum atomic E-state index is 12.7. The predicted molar refractivity (Wildman–Crippen MR) is 107 cm³/mol. The van der Waals surface area contributed by atoms with Gasteiger partial charge in [-0.3, -0.25) is 0 Å². The van der Waals surface area contributed by atoms with E-state index in [9.17, 15) is 4.79 Å². The van der Waals surface area contributed by atoms with Crippen molar-refractivity contribution >= 4 is 6.03 Å². The number of benzene rings is 2. The van der Waals surface area contributed by atoms with Crippen LogP contribution in [-0.4, -0.2) is 27.5 Å². The third-order valence-corrected chi connectivity index (χ3v) is 4.57. The number of amides is 2. The van der Waals surface area contributed by atoms with Crippen molar-refractivity contribution < 1.29 is 4.79 Å². The molecule has 0 radical (unpaired) electrons. The number of nitrogens with one attached hydrogen (secondary N) is 1. The average molecular weight is 362 g/mol. The van der Waals surface area contributed by atoms with E-state index in [-0.39, 0.29) is 12.1 Å². The van der Waals surface area contributed by atoms with Crippen LogP contribution in [0.1, 0.15) is 36.3 Å². The van der Waals surface area contributed by atoms with Crippen LogP contribution in [0.4, 0.5) is 4.79 Å². The highest BCUT2D eigenvalue weighted by Gasteiger charge is 2.20. The van der Waals surface area contributed by atoms with Crippen molar-refractivity contribution in [3.63, 3.8) is 0 Å². The number of imidazole rings is 1. The number of carbonyl (C=O) groups is 1. The monoisotopic (exact) mass is 362 g/mol. The third kappa shape index (κ3) is 4.97. The summed E-state index contributed by atoms with van der Waals surface area (Å²) >= 11 is 0. The number of rotatable bonds is 7. The molecule has 5 heteroatoms. The van der Waals surface area contributed by atoms with Gasteiger partial charge in [-0.25, -0.2) is 9.78 Å². The molecule has 3 aromatic rings. The van der Waals surface area contributed by atoms with Crippen molar-refractivity contribution in [2.75, 3.05) is 7.05 Å². The van der Waals surface area contributed by atoms with Gasteiger partial charge in [-0.1, -0.05) is 67.6 Å². The van der Waals surface area contributed by atoms with E-state index in [0.29, 0.717) is 6.54 Å². The number of hydrogen-bond donors (Lipinski definition) is 1. The molecule has 0 fully saturated rings. The lowest BCUT2D eigenvalue weighted by Gasteiger charge is -2.23. The summed E-state index contributed by atoms with van der Waals surface area (Å²) in [6, 6.07) is 20.0. The summed E-state index contributed by atoms with van der Waals surface area (Å²) in [6.07, 6.45) is 4.53. The summed E-state index contributed by atoms with van der Waals surface area (Å²) < 4.78 is 2.10. The van der Waals surface area contributed by atoms with Gasteiger partial charge in [0.1, 0.15) is 5.82 Å². The van der Waals surface area contributed by atoms with Crippen molar-refractivity contribution in [2.45, 2.75) is 32.5 Å². The van der Waals surface area contributed by atoms with E-state index < -0.39 is 0 Å². The number of urea groups is 1. The molecule has 3 rings (SSSR count). The van der Waals surface area contributed by atoms with Gasteiger partial charge in [0.2, 0.25) is 0 Å².